The highest BCUT2D eigenvalue weighted by Crippen LogP contribution is 2.39. The van der Waals surface area contributed by atoms with E-state index in [1.807, 2.05) is 0 Å². The predicted octanol–water partition coefficient (Wildman–Crippen LogP) is 3.68. The molecule has 2 amide bonds. The second kappa shape index (κ2) is 9.03. The van der Waals surface area contributed by atoms with Gasteiger partial charge >= 0.3 is 0 Å². The van der Waals surface area contributed by atoms with Crippen LogP contribution in [-0.4, -0.2) is 52.2 Å². The van der Waals surface area contributed by atoms with E-state index in [9.17, 15) is 9.59 Å². The Hall–Kier alpha value is -2.71. The number of carbonyl (C=O) groups is 2. The Kier molecular flexibility index (Phi) is 5.97. The Morgan fingerprint density at radius 2 is 1.88 bits per heavy atom. The number of rotatable bonds is 4. The summed E-state index contributed by atoms with van der Waals surface area (Å²) in [5, 5.41) is 1.94. The van der Waals surface area contributed by atoms with Gasteiger partial charge in [0, 0.05) is 37.8 Å². The molecule has 166 valence electrons. The van der Waals surface area contributed by atoms with Gasteiger partial charge in [0.05, 0.1) is 10.6 Å². The fraction of sp³-hybridized carbons (Fsp3) is 0.417. The molecular weight excluding hydrogens is 422 g/mol. The number of anilines is 1. The second-order valence-corrected chi connectivity index (χ2v) is 9.97. The largest absolute Gasteiger partial charge is 0.340 e. The highest BCUT2D eigenvalue weighted by Gasteiger charge is 2.39. The Morgan fingerprint density at radius 3 is 2.66 bits per heavy atom. The van der Waals surface area contributed by atoms with E-state index >= 15 is 0 Å². The van der Waals surface area contributed by atoms with Gasteiger partial charge in [-0.15, -0.1) is 0 Å². The van der Waals surface area contributed by atoms with Crippen LogP contribution in [0.5, 0.6) is 0 Å². The number of nitrogens with one attached hydrogen (secondary N) is 1. The molecule has 3 aliphatic rings. The molecule has 4 heterocycles. The molecule has 1 atom stereocenters. The van der Waals surface area contributed by atoms with Gasteiger partial charge in [0.15, 0.2) is 0 Å². The van der Waals surface area contributed by atoms with Gasteiger partial charge in [-0.3, -0.25) is 19.8 Å². The first-order valence-electron chi connectivity index (χ1n) is 11.2. The van der Waals surface area contributed by atoms with Crippen molar-refractivity contribution in [3.8, 4) is 0 Å². The van der Waals surface area contributed by atoms with Crippen molar-refractivity contribution in [2.75, 3.05) is 31.1 Å². The molecule has 5 rings (SSSR count). The van der Waals surface area contributed by atoms with Crippen LogP contribution in [0.2, 0.25) is 0 Å². The first kappa shape index (κ1) is 21.2. The molecule has 3 saturated heterocycles. The average molecular weight is 450 g/mol. The zero-order valence-corrected chi connectivity index (χ0v) is 18.8. The lowest BCUT2D eigenvalue weighted by Gasteiger charge is -2.48. The summed E-state index contributed by atoms with van der Waals surface area (Å²) in [6, 6.07) is 12.5. The molecule has 1 spiro atoms. The number of benzene rings is 1. The van der Waals surface area contributed by atoms with Crippen LogP contribution in [0.4, 0.5) is 10.7 Å². The summed E-state index contributed by atoms with van der Waals surface area (Å²) < 4.78 is 0. The number of thioether (sulfide) groups is 1. The number of hydrogen-bond acceptors (Lipinski definition) is 7. The van der Waals surface area contributed by atoms with Crippen LogP contribution in [0.1, 0.15) is 36.9 Å². The van der Waals surface area contributed by atoms with Gasteiger partial charge in [-0.2, -0.15) is 0 Å². The summed E-state index contributed by atoms with van der Waals surface area (Å²) in [4.78, 5) is 37.8. The fourth-order valence-corrected chi connectivity index (χ4v) is 5.82. The van der Waals surface area contributed by atoms with Crippen LogP contribution in [0, 0.1) is 5.41 Å². The van der Waals surface area contributed by atoms with Gasteiger partial charge in [-0.25, -0.2) is 9.97 Å². The number of amides is 2. The molecule has 1 aromatic carbocycles. The number of aromatic nitrogens is 2. The van der Waals surface area contributed by atoms with Crippen molar-refractivity contribution in [2.45, 2.75) is 32.2 Å². The van der Waals surface area contributed by atoms with Crippen molar-refractivity contribution >= 4 is 34.9 Å². The van der Waals surface area contributed by atoms with Crippen molar-refractivity contribution < 1.29 is 9.59 Å². The minimum atomic E-state index is -0.363. The lowest BCUT2D eigenvalue weighted by molar-refractivity contribution is -0.115. The van der Waals surface area contributed by atoms with E-state index in [0.717, 1.165) is 50.9 Å². The Bertz CT molecular complexity index is 1040. The van der Waals surface area contributed by atoms with Gasteiger partial charge in [-0.05, 0) is 61.7 Å². The number of likely N-dealkylation sites (tertiary alicyclic amines) is 1. The Morgan fingerprint density at radius 1 is 1.06 bits per heavy atom. The van der Waals surface area contributed by atoms with E-state index in [-0.39, 0.29) is 16.6 Å². The fourth-order valence-electron chi connectivity index (χ4n) is 5.15. The summed E-state index contributed by atoms with van der Waals surface area (Å²) in [5.41, 5.74) is 2.28. The molecule has 3 fully saturated rings. The van der Waals surface area contributed by atoms with Crippen LogP contribution < -0.4 is 10.2 Å². The van der Waals surface area contributed by atoms with E-state index in [1.54, 1.807) is 18.3 Å². The molecule has 32 heavy (non-hydrogen) atoms. The average Bonchev–Trinajstić information content (AvgIpc) is 3.11. The quantitative estimate of drug-likeness (QED) is 0.714. The Balaban J connectivity index is 1.30. The zero-order chi connectivity index (χ0) is 22.0. The number of nitrogens with zero attached hydrogens (tertiary/aromatic N) is 4. The van der Waals surface area contributed by atoms with E-state index in [4.69, 9.17) is 4.98 Å². The topological polar surface area (TPSA) is 78.4 Å². The smallest absolute Gasteiger partial charge is 0.290 e. The van der Waals surface area contributed by atoms with Crippen LogP contribution in [-0.2, 0) is 11.3 Å². The highest BCUT2D eigenvalue weighted by atomic mass is 32.2. The third-order valence-corrected chi connectivity index (χ3v) is 7.33. The van der Waals surface area contributed by atoms with E-state index in [0.29, 0.717) is 16.5 Å². The molecule has 7 nitrogen and oxygen atoms in total. The lowest BCUT2D eigenvalue weighted by Crippen LogP contribution is -2.52. The first-order valence-corrected chi connectivity index (χ1v) is 12.0. The normalized spacial score (nSPS) is 25.5. The predicted molar refractivity (Wildman–Crippen MR) is 126 cm³/mol. The molecule has 0 aliphatic carbocycles. The summed E-state index contributed by atoms with van der Waals surface area (Å²) in [7, 11) is 0. The van der Waals surface area contributed by atoms with Crippen LogP contribution in [0.15, 0.2) is 47.5 Å². The number of piperidine rings is 2. The van der Waals surface area contributed by atoms with Crippen LogP contribution in [0.25, 0.3) is 6.08 Å². The zero-order valence-electron chi connectivity index (χ0n) is 18.0. The molecule has 0 radical (unpaired) electrons. The minimum Gasteiger partial charge on any atom is -0.340 e. The molecule has 2 aromatic rings. The molecular formula is C24H27N5O2S. The molecule has 1 N–H and O–H groups in total. The third-order valence-electron chi connectivity index (χ3n) is 6.52. The van der Waals surface area contributed by atoms with E-state index in [2.05, 4.69) is 50.4 Å². The summed E-state index contributed by atoms with van der Waals surface area (Å²) in [5.74, 6) is 0.339. The molecule has 0 bridgehead atoms. The van der Waals surface area contributed by atoms with Crippen LogP contribution >= 0.6 is 11.8 Å². The van der Waals surface area contributed by atoms with Crippen molar-refractivity contribution in [1.82, 2.24) is 20.2 Å². The lowest BCUT2D eigenvalue weighted by atomic mass is 9.73. The minimum absolute atomic E-state index is 0.261. The molecule has 8 heteroatoms. The summed E-state index contributed by atoms with van der Waals surface area (Å²) >= 11 is 0.910. The molecule has 3 aliphatic heterocycles. The van der Waals surface area contributed by atoms with Crippen molar-refractivity contribution in [1.29, 1.82) is 0 Å². The maximum absolute atomic E-state index is 11.9. The summed E-state index contributed by atoms with van der Waals surface area (Å²) in [6.45, 7) is 5.14. The van der Waals surface area contributed by atoms with E-state index < -0.39 is 0 Å². The maximum atomic E-state index is 11.9. The van der Waals surface area contributed by atoms with Gasteiger partial charge in [0.1, 0.15) is 0 Å². The maximum Gasteiger partial charge on any atom is 0.290 e. The van der Waals surface area contributed by atoms with Crippen molar-refractivity contribution in [2.24, 2.45) is 5.41 Å². The Labute approximate surface area is 192 Å². The van der Waals surface area contributed by atoms with Gasteiger partial charge in [0.25, 0.3) is 11.1 Å². The number of hydrogen-bond donors (Lipinski definition) is 1. The number of carbonyl (C=O) groups excluding carboxylic acids is 2. The second-order valence-electron chi connectivity index (χ2n) is 8.96. The third kappa shape index (κ3) is 4.71. The monoisotopic (exact) mass is 449 g/mol. The van der Waals surface area contributed by atoms with E-state index in [1.165, 1.54) is 24.8 Å². The molecule has 1 unspecified atom stereocenters. The van der Waals surface area contributed by atoms with Crippen LogP contribution in [0.3, 0.4) is 0 Å². The standard InChI is InChI=1S/C24H27N5O2S/c30-21-20(32-23(31)27-21)14-19-8-11-25-22(26-19)29-13-5-10-24(17-29)9-4-12-28(16-24)15-18-6-2-1-3-7-18/h1-3,6-8,11,14H,4-5,9-10,12-13,15-17H2,(H,27,30,31)/b20-14-. The first-order chi connectivity index (χ1) is 15.6. The highest BCUT2D eigenvalue weighted by molar-refractivity contribution is 8.18. The van der Waals surface area contributed by atoms with Gasteiger partial charge in [-0.1, -0.05) is 30.3 Å². The molecule has 0 saturated carbocycles. The summed E-state index contributed by atoms with van der Waals surface area (Å²) in [6.07, 6.45) is 8.21. The van der Waals surface area contributed by atoms with Gasteiger partial charge in [0.2, 0.25) is 5.95 Å². The molecule has 1 aromatic heterocycles. The SMILES string of the molecule is O=C1NC(=O)/C(=C/c2ccnc(N3CCCC4(CCCN(Cc5ccccc5)C4)C3)n2)S1. The van der Waals surface area contributed by atoms with Gasteiger partial charge < -0.3 is 4.90 Å². The number of imide groups is 1. The van der Waals surface area contributed by atoms with Crippen molar-refractivity contribution in [3.63, 3.8) is 0 Å². The van der Waals surface area contributed by atoms with Crippen molar-refractivity contribution in [3.05, 3.63) is 58.8 Å².